The number of ketones is 2. The van der Waals surface area contributed by atoms with E-state index in [1.165, 1.54) is 20.1 Å². The van der Waals surface area contributed by atoms with Gasteiger partial charge in [-0.1, -0.05) is 37.7 Å². The first kappa shape index (κ1) is 23.6. The van der Waals surface area contributed by atoms with Gasteiger partial charge in [-0.25, -0.2) is 0 Å². The molecular formula is C26H26O7Si. The average molecular weight is 479 g/mol. The molecule has 0 amide bonds. The van der Waals surface area contributed by atoms with Crippen molar-refractivity contribution in [3.63, 3.8) is 0 Å². The van der Waals surface area contributed by atoms with Gasteiger partial charge in [0.2, 0.25) is 5.78 Å². The van der Waals surface area contributed by atoms with Crippen molar-refractivity contribution in [2.24, 2.45) is 0 Å². The molecule has 4 rings (SSSR count). The second-order valence-electron chi connectivity index (χ2n) is 9.91. The molecule has 2 aliphatic rings. The van der Waals surface area contributed by atoms with E-state index in [1.807, 2.05) is 0 Å². The monoisotopic (exact) mass is 478 g/mol. The fourth-order valence-corrected chi connectivity index (χ4v) is 7.31. The highest BCUT2D eigenvalue weighted by Gasteiger charge is 2.50. The molecule has 0 bridgehead atoms. The first-order valence-corrected chi connectivity index (χ1v) is 14.5. The number of rotatable bonds is 3. The Morgan fingerprint density at radius 2 is 1.76 bits per heavy atom. The van der Waals surface area contributed by atoms with Crippen LogP contribution in [0.2, 0.25) is 19.6 Å². The number of carbonyl (C=O) groups is 3. The lowest BCUT2D eigenvalue weighted by molar-refractivity contribution is -0.152. The van der Waals surface area contributed by atoms with Gasteiger partial charge in [0.15, 0.2) is 11.4 Å². The van der Waals surface area contributed by atoms with Gasteiger partial charge in [0.1, 0.15) is 17.2 Å². The van der Waals surface area contributed by atoms with E-state index in [4.69, 9.17) is 15.9 Å². The Labute approximate surface area is 198 Å². The lowest BCUT2D eigenvalue weighted by Crippen LogP contribution is -2.47. The lowest BCUT2D eigenvalue weighted by Gasteiger charge is -2.43. The molecule has 2 N–H and O–H groups in total. The predicted octanol–water partition coefficient (Wildman–Crippen LogP) is 3.72. The van der Waals surface area contributed by atoms with Crippen molar-refractivity contribution >= 4 is 25.6 Å². The molecule has 34 heavy (non-hydrogen) atoms. The molecule has 2 aromatic carbocycles. The van der Waals surface area contributed by atoms with Crippen LogP contribution < -0.4 is 4.74 Å². The smallest absolute Gasteiger partial charge is 0.304 e. The van der Waals surface area contributed by atoms with E-state index in [-0.39, 0.29) is 57.7 Å². The van der Waals surface area contributed by atoms with Crippen molar-refractivity contribution in [3.8, 4) is 29.6 Å². The van der Waals surface area contributed by atoms with E-state index in [0.29, 0.717) is 5.56 Å². The maximum absolute atomic E-state index is 13.6. The normalized spacial score (nSPS) is 21.1. The predicted molar refractivity (Wildman–Crippen MR) is 127 cm³/mol. The van der Waals surface area contributed by atoms with Crippen molar-refractivity contribution in [1.82, 2.24) is 0 Å². The Bertz CT molecular complexity index is 1310. The molecule has 0 aliphatic heterocycles. The van der Waals surface area contributed by atoms with Crippen LogP contribution in [0.4, 0.5) is 0 Å². The third kappa shape index (κ3) is 3.31. The number of terminal acetylenes is 1. The van der Waals surface area contributed by atoms with Crippen LogP contribution in [0.15, 0.2) is 18.2 Å². The van der Waals surface area contributed by atoms with Gasteiger partial charge in [-0.05, 0) is 11.6 Å². The second-order valence-corrected chi connectivity index (χ2v) is 15.3. The number of hydrogen-bond acceptors (Lipinski definition) is 7. The van der Waals surface area contributed by atoms with Gasteiger partial charge in [0.25, 0.3) is 0 Å². The first-order chi connectivity index (χ1) is 15.9. The summed E-state index contributed by atoms with van der Waals surface area (Å²) in [5.41, 5.74) is -1.44. The summed E-state index contributed by atoms with van der Waals surface area (Å²) in [6, 6.07) is 4.62. The minimum Gasteiger partial charge on any atom is -0.507 e. The van der Waals surface area contributed by atoms with Crippen LogP contribution in [0.3, 0.4) is 0 Å². The highest BCUT2D eigenvalue weighted by atomic mass is 28.3. The average Bonchev–Trinajstić information content (AvgIpc) is 2.77. The van der Waals surface area contributed by atoms with Gasteiger partial charge in [0.05, 0.1) is 31.9 Å². The molecule has 2 unspecified atom stereocenters. The summed E-state index contributed by atoms with van der Waals surface area (Å²) >= 11 is 0. The van der Waals surface area contributed by atoms with E-state index in [1.54, 1.807) is 12.1 Å². The number of phenols is 2. The summed E-state index contributed by atoms with van der Waals surface area (Å²) in [4.78, 5) is 38.9. The van der Waals surface area contributed by atoms with E-state index < -0.39 is 37.0 Å². The van der Waals surface area contributed by atoms with Gasteiger partial charge < -0.3 is 19.7 Å². The van der Waals surface area contributed by atoms with E-state index in [9.17, 15) is 24.6 Å². The minimum absolute atomic E-state index is 0.0513. The van der Waals surface area contributed by atoms with Crippen LogP contribution in [0.1, 0.15) is 61.9 Å². The molecule has 8 heteroatoms. The number of carbonyl (C=O) groups excluding carboxylic acids is 3. The molecule has 0 fully saturated rings. The number of ether oxygens (including phenoxy) is 2. The summed E-state index contributed by atoms with van der Waals surface area (Å²) in [6.07, 6.45) is 5.98. The summed E-state index contributed by atoms with van der Waals surface area (Å²) < 4.78 is 10.9. The van der Waals surface area contributed by atoms with Crippen molar-refractivity contribution in [1.29, 1.82) is 0 Å². The van der Waals surface area contributed by atoms with E-state index in [2.05, 4.69) is 25.6 Å². The third-order valence-corrected chi connectivity index (χ3v) is 9.34. The van der Waals surface area contributed by atoms with Crippen LogP contribution >= 0.6 is 0 Å². The van der Waals surface area contributed by atoms with Gasteiger partial charge >= 0.3 is 5.97 Å². The largest absolute Gasteiger partial charge is 0.507 e. The quantitative estimate of drug-likeness (QED) is 0.255. The summed E-state index contributed by atoms with van der Waals surface area (Å²) in [5.74, 6) is 0.284. The van der Waals surface area contributed by atoms with Crippen molar-refractivity contribution < 1.29 is 34.1 Å². The van der Waals surface area contributed by atoms with Crippen LogP contribution in [0, 0.1) is 12.3 Å². The number of methoxy groups -OCH3 is 1. The number of hydrogen-bond donors (Lipinski definition) is 2. The molecule has 7 nitrogen and oxygen atoms in total. The zero-order valence-electron chi connectivity index (χ0n) is 19.7. The summed E-state index contributed by atoms with van der Waals surface area (Å²) in [7, 11) is -0.779. The summed E-state index contributed by atoms with van der Waals surface area (Å²) in [5, 5.41) is 22.9. The molecule has 0 heterocycles. The number of phenolic OH excluding ortho intramolecular Hbond substituents is 2. The molecule has 0 spiro atoms. The molecule has 0 aromatic heterocycles. The van der Waals surface area contributed by atoms with E-state index >= 15 is 0 Å². The molecule has 2 aliphatic carbocycles. The maximum Gasteiger partial charge on any atom is 0.304 e. The maximum atomic E-state index is 13.6. The Balaban J connectivity index is 2.07. The van der Waals surface area contributed by atoms with Crippen molar-refractivity contribution in [2.75, 3.05) is 7.11 Å². The molecule has 176 valence electrons. The molecule has 0 saturated carbocycles. The van der Waals surface area contributed by atoms with Gasteiger partial charge in [-0.2, -0.15) is 0 Å². The van der Waals surface area contributed by atoms with Crippen LogP contribution in [0.25, 0.3) is 0 Å². The first-order valence-electron chi connectivity index (χ1n) is 10.9. The highest BCUT2D eigenvalue weighted by molar-refractivity contribution is 6.77. The zero-order chi connectivity index (χ0) is 25.2. The topological polar surface area (TPSA) is 110 Å². The molecule has 2 atom stereocenters. The Hall–Kier alpha value is -3.57. The highest BCUT2D eigenvalue weighted by Crippen LogP contribution is 2.54. The van der Waals surface area contributed by atoms with Crippen LogP contribution in [0.5, 0.6) is 17.2 Å². The zero-order valence-corrected chi connectivity index (χ0v) is 20.7. The van der Waals surface area contributed by atoms with Gasteiger partial charge in [-0.15, -0.1) is 6.42 Å². The van der Waals surface area contributed by atoms with Gasteiger partial charge in [0, 0.05) is 36.5 Å². The van der Waals surface area contributed by atoms with E-state index in [0.717, 1.165) is 0 Å². The minimum atomic E-state index is -2.17. The number of aromatic hydroxyl groups is 2. The lowest BCUT2D eigenvalue weighted by atomic mass is 9.74. The van der Waals surface area contributed by atoms with Crippen LogP contribution in [-0.2, 0) is 16.0 Å². The van der Waals surface area contributed by atoms with Crippen molar-refractivity contribution in [3.05, 3.63) is 51.6 Å². The van der Waals surface area contributed by atoms with Crippen molar-refractivity contribution in [2.45, 2.75) is 50.5 Å². The summed E-state index contributed by atoms with van der Waals surface area (Å²) in [6.45, 7) is 7.43. The van der Waals surface area contributed by atoms with Gasteiger partial charge in [-0.3, -0.25) is 14.4 Å². The number of esters is 1. The van der Waals surface area contributed by atoms with Crippen LogP contribution in [-0.4, -0.2) is 48.5 Å². The third-order valence-electron chi connectivity index (χ3n) is 6.75. The number of fused-ring (bicyclic) bond motifs is 3. The number of benzene rings is 2. The molecule has 0 saturated heterocycles. The Morgan fingerprint density at radius 3 is 2.32 bits per heavy atom. The SMILES string of the molecule is C#CC1(OC(C)=O)Cc2c(O)c3c(c(O)c2C([Si](C)(C)C)C1)C(=O)c1c(OC)cccc1C3=O. The standard InChI is InChI=1S/C26H26O7Si/c1-7-26(33-13(2)27)11-15-19(17(12-26)34(4,5)6)25(31)21-20(23(15)29)22(28)14-9-8-10-16(32-3)18(14)24(21)30/h1,8-10,17,29,31H,11-12H2,2-6H3. The second kappa shape index (κ2) is 7.74. The Kier molecular flexibility index (Phi) is 5.37. The fraction of sp³-hybridized carbons (Fsp3) is 0.346. The fourth-order valence-electron chi connectivity index (χ4n) is 5.19. The molecule has 2 aromatic rings. The molecule has 0 radical (unpaired) electrons. The Morgan fingerprint density at radius 1 is 1.12 bits per heavy atom. The molecular weight excluding hydrogens is 452 g/mol.